The van der Waals surface area contributed by atoms with Crippen LogP contribution in [0, 0.1) is 0 Å². The van der Waals surface area contributed by atoms with Crippen LogP contribution in [-0.4, -0.2) is 20.6 Å². The van der Waals surface area contributed by atoms with E-state index in [1.54, 1.807) is 6.07 Å². The molecular formula is C9H6ClN3O2S. The third kappa shape index (κ3) is 2.29. The summed E-state index contributed by atoms with van der Waals surface area (Å²) in [6, 6.07) is 4.39. The number of hydrogen-bond acceptors (Lipinski definition) is 5. The summed E-state index contributed by atoms with van der Waals surface area (Å²) in [5.41, 5.74) is 0.731. The Labute approximate surface area is 99.9 Å². The highest BCUT2D eigenvalue weighted by Gasteiger charge is 2.09. The number of carbonyl (C=O) groups is 1. The molecule has 5 nitrogen and oxygen atoms in total. The molecule has 0 saturated carbocycles. The quantitative estimate of drug-likeness (QED) is 0.807. The highest BCUT2D eigenvalue weighted by Crippen LogP contribution is 2.26. The second kappa shape index (κ2) is 4.46. The van der Waals surface area contributed by atoms with E-state index in [9.17, 15) is 9.90 Å². The number of phenols is 1. The number of aromatic nitrogens is 2. The summed E-state index contributed by atoms with van der Waals surface area (Å²) in [6.07, 6.45) is 0. The number of rotatable bonds is 2. The fraction of sp³-hybridized carbons (Fsp3) is 0. The van der Waals surface area contributed by atoms with Gasteiger partial charge in [-0.1, -0.05) is 16.1 Å². The lowest BCUT2D eigenvalue weighted by Crippen LogP contribution is -2.12. The summed E-state index contributed by atoms with van der Waals surface area (Å²) in [6.45, 7) is 0. The molecule has 0 spiro atoms. The van der Waals surface area contributed by atoms with Gasteiger partial charge in [-0.3, -0.25) is 4.79 Å². The number of hydrogen-bond donors (Lipinski definition) is 2. The normalized spacial score (nSPS) is 10.1. The van der Waals surface area contributed by atoms with Crippen LogP contribution in [0.5, 0.6) is 5.75 Å². The van der Waals surface area contributed by atoms with Crippen LogP contribution < -0.4 is 5.32 Å². The minimum atomic E-state index is -0.365. The van der Waals surface area contributed by atoms with E-state index in [0.717, 1.165) is 11.5 Å². The molecule has 0 aliphatic rings. The van der Waals surface area contributed by atoms with Gasteiger partial charge in [-0.05, 0) is 29.7 Å². The third-order valence-electron chi connectivity index (χ3n) is 1.80. The van der Waals surface area contributed by atoms with Crippen molar-refractivity contribution in [2.75, 3.05) is 5.32 Å². The van der Waals surface area contributed by atoms with Gasteiger partial charge < -0.3 is 10.4 Å². The van der Waals surface area contributed by atoms with Gasteiger partial charge in [0.1, 0.15) is 5.75 Å². The summed E-state index contributed by atoms with van der Waals surface area (Å²) < 4.78 is 3.58. The van der Waals surface area contributed by atoms with E-state index in [4.69, 9.17) is 11.6 Å². The SMILES string of the molecule is O=C(Nc1ccc(O)c(Cl)c1)c1csnn1. The fourth-order valence-corrected chi connectivity index (χ4v) is 1.66. The van der Waals surface area contributed by atoms with Crippen molar-refractivity contribution >= 4 is 34.7 Å². The standard InChI is InChI=1S/C9H6ClN3O2S/c10-6-3-5(1-2-8(6)14)11-9(15)7-4-16-13-12-7/h1-4,14H,(H,11,15). The average Bonchev–Trinajstić information content (AvgIpc) is 2.77. The molecule has 0 fully saturated rings. The van der Waals surface area contributed by atoms with Crippen molar-refractivity contribution in [3.63, 3.8) is 0 Å². The summed E-state index contributed by atoms with van der Waals surface area (Å²) in [5, 5.41) is 17.1. The van der Waals surface area contributed by atoms with Crippen LogP contribution in [-0.2, 0) is 0 Å². The molecule has 0 atom stereocenters. The second-order valence-electron chi connectivity index (χ2n) is 2.91. The minimum Gasteiger partial charge on any atom is -0.506 e. The number of benzene rings is 1. The lowest BCUT2D eigenvalue weighted by atomic mass is 10.3. The monoisotopic (exact) mass is 255 g/mol. The van der Waals surface area contributed by atoms with Crippen molar-refractivity contribution in [2.24, 2.45) is 0 Å². The van der Waals surface area contributed by atoms with Gasteiger partial charge in [-0.25, -0.2) is 0 Å². The van der Waals surface area contributed by atoms with E-state index in [-0.39, 0.29) is 22.4 Å². The van der Waals surface area contributed by atoms with Gasteiger partial charge in [-0.15, -0.1) is 5.10 Å². The average molecular weight is 256 g/mol. The molecule has 1 aromatic heterocycles. The molecule has 0 aliphatic carbocycles. The molecule has 0 bridgehead atoms. The van der Waals surface area contributed by atoms with E-state index in [1.165, 1.54) is 17.5 Å². The molecule has 1 heterocycles. The summed E-state index contributed by atoms with van der Waals surface area (Å²) in [7, 11) is 0. The molecule has 0 aliphatic heterocycles. The van der Waals surface area contributed by atoms with Gasteiger partial charge in [0.05, 0.1) is 5.02 Å². The Morgan fingerprint density at radius 2 is 2.31 bits per heavy atom. The van der Waals surface area contributed by atoms with Crippen LogP contribution in [0.25, 0.3) is 0 Å². The van der Waals surface area contributed by atoms with Crippen molar-refractivity contribution < 1.29 is 9.90 Å². The highest BCUT2D eigenvalue weighted by molar-refractivity contribution is 7.03. The van der Waals surface area contributed by atoms with E-state index in [0.29, 0.717) is 5.69 Å². The minimum absolute atomic E-state index is 0.0324. The van der Waals surface area contributed by atoms with Crippen molar-refractivity contribution in [2.45, 2.75) is 0 Å². The second-order valence-corrected chi connectivity index (χ2v) is 3.93. The van der Waals surface area contributed by atoms with E-state index in [2.05, 4.69) is 14.9 Å². The first-order chi connectivity index (χ1) is 7.66. The van der Waals surface area contributed by atoms with Crippen molar-refractivity contribution in [3.8, 4) is 5.75 Å². The molecule has 2 N–H and O–H groups in total. The summed E-state index contributed by atoms with van der Waals surface area (Å²) in [4.78, 5) is 11.6. The number of carbonyl (C=O) groups excluding carboxylic acids is 1. The van der Waals surface area contributed by atoms with E-state index >= 15 is 0 Å². The largest absolute Gasteiger partial charge is 0.506 e. The molecule has 0 saturated heterocycles. The molecule has 16 heavy (non-hydrogen) atoms. The summed E-state index contributed by atoms with van der Waals surface area (Å²) in [5.74, 6) is -0.398. The van der Waals surface area contributed by atoms with Crippen LogP contribution in [0.2, 0.25) is 5.02 Å². The molecule has 1 aromatic carbocycles. The Morgan fingerprint density at radius 1 is 1.50 bits per heavy atom. The van der Waals surface area contributed by atoms with Gasteiger partial charge in [0.25, 0.3) is 5.91 Å². The molecule has 1 amide bonds. The van der Waals surface area contributed by atoms with Crippen LogP contribution in [0.3, 0.4) is 0 Å². The first kappa shape index (κ1) is 10.8. The van der Waals surface area contributed by atoms with Crippen LogP contribution >= 0.6 is 23.1 Å². The molecule has 7 heteroatoms. The molecule has 82 valence electrons. The van der Waals surface area contributed by atoms with Crippen LogP contribution in [0.1, 0.15) is 10.5 Å². The number of amides is 1. The lowest BCUT2D eigenvalue weighted by Gasteiger charge is -2.04. The number of nitrogens with one attached hydrogen (secondary N) is 1. The number of nitrogens with zero attached hydrogens (tertiary/aromatic N) is 2. The third-order valence-corrected chi connectivity index (χ3v) is 2.61. The van der Waals surface area contributed by atoms with Gasteiger partial charge in [0.2, 0.25) is 0 Å². The van der Waals surface area contributed by atoms with Crippen LogP contribution in [0.4, 0.5) is 5.69 Å². The topological polar surface area (TPSA) is 75.1 Å². The predicted octanol–water partition coefficient (Wildman–Crippen LogP) is 2.15. The smallest absolute Gasteiger partial charge is 0.277 e. The Kier molecular flexibility index (Phi) is 3.02. The maximum atomic E-state index is 11.6. The molecular weight excluding hydrogens is 250 g/mol. The van der Waals surface area contributed by atoms with Crippen molar-refractivity contribution in [1.82, 2.24) is 9.59 Å². The zero-order chi connectivity index (χ0) is 11.5. The lowest BCUT2D eigenvalue weighted by molar-refractivity contribution is 0.102. The van der Waals surface area contributed by atoms with Gasteiger partial charge in [0.15, 0.2) is 5.69 Å². The zero-order valence-corrected chi connectivity index (χ0v) is 9.42. The van der Waals surface area contributed by atoms with Crippen molar-refractivity contribution in [3.05, 3.63) is 34.3 Å². The molecule has 2 aromatic rings. The zero-order valence-electron chi connectivity index (χ0n) is 7.85. The predicted molar refractivity (Wildman–Crippen MR) is 61.0 cm³/mol. The Hall–Kier alpha value is -1.66. The first-order valence-electron chi connectivity index (χ1n) is 4.24. The Bertz CT molecular complexity index is 515. The van der Waals surface area contributed by atoms with Crippen molar-refractivity contribution in [1.29, 1.82) is 0 Å². The Balaban J connectivity index is 2.15. The van der Waals surface area contributed by atoms with E-state index < -0.39 is 0 Å². The maximum Gasteiger partial charge on any atom is 0.277 e. The number of halogens is 1. The van der Waals surface area contributed by atoms with Gasteiger partial charge in [-0.2, -0.15) is 0 Å². The van der Waals surface area contributed by atoms with Crippen LogP contribution in [0.15, 0.2) is 23.6 Å². The van der Waals surface area contributed by atoms with Gasteiger partial charge in [0, 0.05) is 11.1 Å². The molecule has 0 unspecified atom stereocenters. The Morgan fingerprint density at radius 3 is 2.94 bits per heavy atom. The molecule has 2 rings (SSSR count). The molecule has 0 radical (unpaired) electrons. The number of phenolic OH excluding ortho intramolecular Hbond substituents is 1. The fourth-order valence-electron chi connectivity index (χ4n) is 1.04. The maximum absolute atomic E-state index is 11.6. The number of aromatic hydroxyl groups is 1. The highest BCUT2D eigenvalue weighted by atomic mass is 35.5. The van der Waals surface area contributed by atoms with E-state index in [1.807, 2.05) is 0 Å². The first-order valence-corrected chi connectivity index (χ1v) is 5.45. The summed E-state index contributed by atoms with van der Waals surface area (Å²) >= 11 is 6.79. The van der Waals surface area contributed by atoms with Gasteiger partial charge >= 0.3 is 0 Å². The number of anilines is 1.